The van der Waals surface area contributed by atoms with Gasteiger partial charge in [-0.2, -0.15) is 0 Å². The summed E-state index contributed by atoms with van der Waals surface area (Å²) < 4.78 is 0. The summed E-state index contributed by atoms with van der Waals surface area (Å²) in [6.07, 6.45) is 10.2. The molecule has 0 spiro atoms. The van der Waals surface area contributed by atoms with Crippen molar-refractivity contribution in [3.05, 3.63) is 0 Å². The predicted molar refractivity (Wildman–Crippen MR) is 120 cm³/mol. The van der Waals surface area contributed by atoms with Gasteiger partial charge in [-0.15, -0.1) is 0 Å². The van der Waals surface area contributed by atoms with Crippen molar-refractivity contribution in [2.45, 2.75) is 104 Å². The minimum atomic E-state index is -0.231. The Morgan fingerprint density at radius 1 is 1.07 bits per heavy atom. The zero-order valence-corrected chi connectivity index (χ0v) is 19.7. The Bertz CT molecular complexity index is 638. The molecule has 7 unspecified atom stereocenters. The van der Waals surface area contributed by atoms with Gasteiger partial charge < -0.3 is 15.5 Å². The highest BCUT2D eigenvalue weighted by Gasteiger charge is 2.63. The minimum Gasteiger partial charge on any atom is -0.393 e. The maximum Gasteiger partial charge on any atom is 0.219 e. The van der Waals surface area contributed by atoms with Gasteiger partial charge >= 0.3 is 0 Å². The molecule has 30 heavy (non-hydrogen) atoms. The molecule has 3 N–H and O–H groups in total. The Morgan fingerprint density at radius 2 is 1.83 bits per heavy atom. The van der Waals surface area contributed by atoms with Crippen LogP contribution in [0.5, 0.6) is 0 Å². The molecule has 4 saturated carbocycles. The van der Waals surface area contributed by atoms with E-state index in [0.29, 0.717) is 48.0 Å². The van der Waals surface area contributed by atoms with Crippen LogP contribution in [0.25, 0.3) is 0 Å². The third kappa shape index (κ3) is 3.54. The molecule has 1 amide bonds. The quantitative estimate of drug-likeness (QED) is 0.613. The molecule has 0 saturated heterocycles. The fourth-order valence-corrected chi connectivity index (χ4v) is 9.01. The number of rotatable bonds is 5. The van der Waals surface area contributed by atoms with E-state index in [0.717, 1.165) is 38.0 Å². The molecule has 172 valence electrons. The smallest absolute Gasteiger partial charge is 0.219 e. The minimum absolute atomic E-state index is 0.000800. The Balaban J connectivity index is 1.50. The van der Waals surface area contributed by atoms with Gasteiger partial charge in [0.2, 0.25) is 5.91 Å². The van der Waals surface area contributed by atoms with Gasteiger partial charge in [0.25, 0.3) is 0 Å². The molecule has 4 aliphatic carbocycles. The molecule has 4 heteroatoms. The topological polar surface area (TPSA) is 69.6 Å². The first kappa shape index (κ1) is 22.6. The van der Waals surface area contributed by atoms with Gasteiger partial charge in [0, 0.05) is 13.0 Å². The molecule has 0 bridgehead atoms. The lowest BCUT2D eigenvalue weighted by Crippen LogP contribution is -2.58. The van der Waals surface area contributed by atoms with E-state index in [2.05, 4.69) is 26.1 Å². The number of nitrogens with one attached hydrogen (secondary N) is 1. The first-order chi connectivity index (χ1) is 14.2. The zero-order valence-electron chi connectivity index (χ0n) is 19.7. The monoisotopic (exact) mass is 419 g/mol. The fraction of sp³-hybridized carbons (Fsp3) is 0.962. The van der Waals surface area contributed by atoms with E-state index in [1.807, 2.05) is 6.92 Å². The van der Waals surface area contributed by atoms with E-state index in [1.165, 1.54) is 25.7 Å². The van der Waals surface area contributed by atoms with Crippen LogP contribution in [0.2, 0.25) is 0 Å². The van der Waals surface area contributed by atoms with E-state index in [-0.39, 0.29) is 23.5 Å². The predicted octanol–water partition coefficient (Wildman–Crippen LogP) is 4.53. The van der Waals surface area contributed by atoms with Crippen molar-refractivity contribution >= 4 is 5.91 Å². The van der Waals surface area contributed by atoms with Crippen LogP contribution >= 0.6 is 0 Å². The highest BCUT2D eigenvalue weighted by Crippen LogP contribution is 2.68. The second kappa shape index (κ2) is 8.39. The number of hydrogen-bond donors (Lipinski definition) is 3. The normalized spacial score (nSPS) is 48.9. The lowest BCUT2D eigenvalue weighted by Gasteiger charge is -2.62. The number of aliphatic hydroxyl groups is 2. The summed E-state index contributed by atoms with van der Waals surface area (Å²) in [7, 11) is 0. The summed E-state index contributed by atoms with van der Waals surface area (Å²) in [6.45, 7) is 9.86. The van der Waals surface area contributed by atoms with Gasteiger partial charge in [0.1, 0.15) is 0 Å². The summed E-state index contributed by atoms with van der Waals surface area (Å²) in [5, 5.41) is 24.8. The first-order valence-electron chi connectivity index (χ1n) is 12.8. The van der Waals surface area contributed by atoms with Gasteiger partial charge in [0.15, 0.2) is 0 Å². The van der Waals surface area contributed by atoms with Crippen LogP contribution in [-0.4, -0.2) is 34.9 Å². The molecule has 4 rings (SSSR count). The Labute approximate surface area is 183 Å². The molecule has 4 fully saturated rings. The average Bonchev–Trinajstić information content (AvgIpc) is 3.07. The maximum atomic E-state index is 12.0. The van der Waals surface area contributed by atoms with Crippen molar-refractivity contribution in [1.82, 2.24) is 5.32 Å². The molecule has 4 aliphatic rings. The Morgan fingerprint density at radius 3 is 2.57 bits per heavy atom. The number of carbonyl (C=O) groups is 1. The summed E-state index contributed by atoms with van der Waals surface area (Å²) in [5.74, 6) is 3.76. The summed E-state index contributed by atoms with van der Waals surface area (Å²) in [5.41, 5.74) is 0.297. The van der Waals surface area contributed by atoms with Crippen molar-refractivity contribution in [3.63, 3.8) is 0 Å². The second-order valence-electron chi connectivity index (χ2n) is 11.9. The van der Waals surface area contributed by atoms with Gasteiger partial charge in [-0.25, -0.2) is 0 Å². The van der Waals surface area contributed by atoms with E-state index in [9.17, 15) is 15.0 Å². The van der Waals surface area contributed by atoms with E-state index >= 15 is 0 Å². The first-order valence-corrected chi connectivity index (χ1v) is 12.8. The molecular weight excluding hydrogens is 374 g/mol. The van der Waals surface area contributed by atoms with E-state index in [4.69, 9.17) is 0 Å². The summed E-state index contributed by atoms with van der Waals surface area (Å²) in [4.78, 5) is 12.0. The van der Waals surface area contributed by atoms with Crippen molar-refractivity contribution in [1.29, 1.82) is 0 Å². The van der Waals surface area contributed by atoms with E-state index in [1.54, 1.807) is 0 Å². The Kier molecular flexibility index (Phi) is 6.31. The van der Waals surface area contributed by atoms with Gasteiger partial charge in [-0.1, -0.05) is 20.8 Å². The molecule has 0 heterocycles. The molecule has 0 aromatic rings. The maximum absolute atomic E-state index is 12.0. The van der Waals surface area contributed by atoms with Crippen molar-refractivity contribution in [3.8, 4) is 0 Å². The average molecular weight is 420 g/mol. The van der Waals surface area contributed by atoms with Gasteiger partial charge in [-0.3, -0.25) is 4.79 Å². The molecule has 0 aromatic carbocycles. The zero-order chi connectivity index (χ0) is 21.7. The third-order valence-electron chi connectivity index (χ3n) is 10.7. The largest absolute Gasteiger partial charge is 0.393 e. The van der Waals surface area contributed by atoms with Crippen LogP contribution in [0.3, 0.4) is 0 Å². The number of carbonyl (C=O) groups excluding carboxylic acids is 1. The fourth-order valence-electron chi connectivity index (χ4n) is 9.01. The molecular formula is C26H45NO3. The van der Waals surface area contributed by atoms with Crippen molar-refractivity contribution in [2.75, 3.05) is 6.54 Å². The number of amides is 1. The molecule has 0 aliphatic heterocycles. The van der Waals surface area contributed by atoms with E-state index < -0.39 is 0 Å². The number of fused-ring (bicyclic) bond motifs is 5. The van der Waals surface area contributed by atoms with Crippen LogP contribution in [0.15, 0.2) is 0 Å². The van der Waals surface area contributed by atoms with Crippen LogP contribution in [-0.2, 0) is 4.79 Å². The van der Waals surface area contributed by atoms with Crippen LogP contribution in [0, 0.1) is 46.3 Å². The lowest BCUT2D eigenvalue weighted by molar-refractivity contribution is -0.174. The SMILES string of the molecule is CCNC(=O)CC[C@@H](C)C1CCC2C3CCC4C[C@H](O)CCC4(C)C3C[C@H](O)C21C. The lowest BCUT2D eigenvalue weighted by atomic mass is 9.43. The van der Waals surface area contributed by atoms with Crippen LogP contribution in [0.4, 0.5) is 0 Å². The van der Waals surface area contributed by atoms with Crippen LogP contribution in [0.1, 0.15) is 91.9 Å². The number of aliphatic hydroxyl groups excluding tert-OH is 2. The summed E-state index contributed by atoms with van der Waals surface area (Å²) >= 11 is 0. The molecule has 0 radical (unpaired) electrons. The van der Waals surface area contributed by atoms with Gasteiger partial charge in [-0.05, 0) is 111 Å². The highest BCUT2D eigenvalue weighted by molar-refractivity contribution is 5.75. The second-order valence-corrected chi connectivity index (χ2v) is 11.9. The standard InChI is InChI=1S/C26H45NO3/c1-5-27-24(30)11-6-16(2)20-9-10-21-19-8-7-17-14-18(28)12-13-25(17,3)22(19)15-23(29)26(20,21)4/h16-23,28-29H,5-15H2,1-4H3,(H,27,30)/t16-,17?,18-,19?,20?,21?,22?,23+,25?,26?/m1/s1. The Hall–Kier alpha value is -0.610. The van der Waals surface area contributed by atoms with Crippen molar-refractivity contribution in [2.24, 2.45) is 46.3 Å². The van der Waals surface area contributed by atoms with Crippen molar-refractivity contribution < 1.29 is 15.0 Å². The third-order valence-corrected chi connectivity index (χ3v) is 10.7. The highest BCUT2D eigenvalue weighted by atomic mass is 16.3. The van der Waals surface area contributed by atoms with Gasteiger partial charge in [0.05, 0.1) is 12.2 Å². The summed E-state index contributed by atoms with van der Waals surface area (Å²) in [6, 6.07) is 0. The molecule has 4 nitrogen and oxygen atoms in total. The number of hydrogen-bond acceptors (Lipinski definition) is 3. The molecule has 10 atom stereocenters. The molecule has 0 aromatic heterocycles. The van der Waals surface area contributed by atoms with Crippen LogP contribution < -0.4 is 5.32 Å².